The van der Waals surface area contributed by atoms with Crippen LogP contribution in [0.2, 0.25) is 0 Å². The first-order valence-corrected chi connectivity index (χ1v) is 7.57. The van der Waals surface area contributed by atoms with Crippen molar-refractivity contribution in [3.63, 3.8) is 0 Å². The maximum atomic E-state index is 12.9. The van der Waals surface area contributed by atoms with E-state index in [0.717, 1.165) is 5.56 Å². The van der Waals surface area contributed by atoms with Crippen molar-refractivity contribution >= 4 is 5.91 Å². The number of aliphatic hydroxyl groups excluding tert-OH is 1. The van der Waals surface area contributed by atoms with Crippen LogP contribution in [0, 0.1) is 11.7 Å². The van der Waals surface area contributed by atoms with Crippen molar-refractivity contribution in [2.45, 2.75) is 25.0 Å². The van der Waals surface area contributed by atoms with E-state index in [9.17, 15) is 19.4 Å². The molecule has 0 aromatic heterocycles. The lowest BCUT2D eigenvalue weighted by Gasteiger charge is -2.37. The second kappa shape index (κ2) is 6.38. The second-order valence-electron chi connectivity index (χ2n) is 5.83. The standard InChI is InChI=1S/C18H18FNO3/c19-13-5-1-11(2-6-13)16(22)10-9-15-17(20-18(15)23)12-3-7-14(21)8-4-12/h1-8,15-17,21-22H,9-10H2,(H,20,23)/t15?,16-,17+/m0/s1. The number of β-lactam (4-membered cyclic amide) rings is 1. The first-order valence-electron chi connectivity index (χ1n) is 7.57. The molecule has 3 N–H and O–H groups in total. The number of rotatable bonds is 5. The van der Waals surface area contributed by atoms with E-state index in [-0.39, 0.29) is 29.4 Å². The molecule has 23 heavy (non-hydrogen) atoms. The number of carbonyl (C=O) groups excluding carboxylic acids is 1. The van der Waals surface area contributed by atoms with Crippen LogP contribution in [0.3, 0.4) is 0 Å². The van der Waals surface area contributed by atoms with Crippen molar-refractivity contribution in [1.29, 1.82) is 0 Å². The van der Waals surface area contributed by atoms with Crippen LogP contribution in [0.4, 0.5) is 4.39 Å². The zero-order valence-electron chi connectivity index (χ0n) is 12.4. The molecule has 2 aromatic rings. The van der Waals surface area contributed by atoms with Crippen LogP contribution in [0.1, 0.15) is 36.1 Å². The average molecular weight is 315 g/mol. The van der Waals surface area contributed by atoms with Gasteiger partial charge in [0.2, 0.25) is 5.91 Å². The molecule has 0 saturated carbocycles. The molecule has 4 nitrogen and oxygen atoms in total. The molecule has 120 valence electrons. The summed E-state index contributed by atoms with van der Waals surface area (Å²) in [5, 5.41) is 22.3. The van der Waals surface area contributed by atoms with Gasteiger partial charge in [-0.1, -0.05) is 24.3 Å². The first-order chi connectivity index (χ1) is 11.0. The fourth-order valence-electron chi connectivity index (χ4n) is 2.90. The van der Waals surface area contributed by atoms with Crippen molar-refractivity contribution < 1.29 is 19.4 Å². The van der Waals surface area contributed by atoms with Gasteiger partial charge in [-0.3, -0.25) is 4.79 Å². The lowest BCUT2D eigenvalue weighted by Crippen LogP contribution is -2.51. The van der Waals surface area contributed by atoms with Crippen molar-refractivity contribution in [2.24, 2.45) is 5.92 Å². The van der Waals surface area contributed by atoms with Gasteiger partial charge >= 0.3 is 0 Å². The van der Waals surface area contributed by atoms with Crippen LogP contribution in [-0.2, 0) is 4.79 Å². The van der Waals surface area contributed by atoms with E-state index in [4.69, 9.17) is 0 Å². The summed E-state index contributed by atoms with van der Waals surface area (Å²) in [6.07, 6.45) is 0.248. The normalized spacial score (nSPS) is 21.4. The Labute approximate surface area is 133 Å². The molecule has 3 rings (SSSR count). The van der Waals surface area contributed by atoms with Crippen LogP contribution in [-0.4, -0.2) is 16.1 Å². The molecular weight excluding hydrogens is 297 g/mol. The Kier molecular flexibility index (Phi) is 4.30. The molecule has 2 aromatic carbocycles. The Hall–Kier alpha value is -2.40. The number of nitrogens with one attached hydrogen (secondary N) is 1. The van der Waals surface area contributed by atoms with Gasteiger partial charge in [0.05, 0.1) is 18.1 Å². The van der Waals surface area contributed by atoms with Gasteiger partial charge in [0.25, 0.3) is 0 Å². The summed E-state index contributed by atoms with van der Waals surface area (Å²) in [7, 11) is 0. The molecule has 1 aliphatic rings. The van der Waals surface area contributed by atoms with Gasteiger partial charge in [0, 0.05) is 0 Å². The van der Waals surface area contributed by atoms with Gasteiger partial charge in [-0.25, -0.2) is 4.39 Å². The molecule has 1 unspecified atom stereocenters. The highest BCUT2D eigenvalue weighted by Gasteiger charge is 2.39. The van der Waals surface area contributed by atoms with E-state index < -0.39 is 6.10 Å². The van der Waals surface area contributed by atoms with E-state index in [1.165, 1.54) is 12.1 Å². The van der Waals surface area contributed by atoms with Crippen molar-refractivity contribution in [2.75, 3.05) is 0 Å². The van der Waals surface area contributed by atoms with Gasteiger partial charge < -0.3 is 15.5 Å². The summed E-state index contributed by atoms with van der Waals surface area (Å²) in [5.41, 5.74) is 1.58. The molecule has 1 fully saturated rings. The van der Waals surface area contributed by atoms with E-state index in [1.807, 2.05) is 0 Å². The van der Waals surface area contributed by atoms with Gasteiger partial charge in [-0.05, 0) is 48.2 Å². The van der Waals surface area contributed by atoms with Crippen molar-refractivity contribution in [3.05, 3.63) is 65.5 Å². The van der Waals surface area contributed by atoms with Crippen molar-refractivity contribution in [1.82, 2.24) is 5.32 Å². The molecule has 3 atom stereocenters. The van der Waals surface area contributed by atoms with Crippen LogP contribution >= 0.6 is 0 Å². The lowest BCUT2D eigenvalue weighted by molar-refractivity contribution is -0.135. The minimum atomic E-state index is -0.718. The lowest BCUT2D eigenvalue weighted by atomic mass is 9.81. The third kappa shape index (κ3) is 3.35. The fourth-order valence-corrected chi connectivity index (χ4v) is 2.90. The maximum absolute atomic E-state index is 12.9. The average Bonchev–Trinajstić information content (AvgIpc) is 2.54. The highest BCUT2D eigenvalue weighted by molar-refractivity contribution is 5.86. The topological polar surface area (TPSA) is 69.6 Å². The van der Waals surface area contributed by atoms with E-state index in [0.29, 0.717) is 18.4 Å². The summed E-state index contributed by atoms with van der Waals surface area (Å²) in [4.78, 5) is 11.8. The van der Waals surface area contributed by atoms with Crippen LogP contribution in [0.5, 0.6) is 5.75 Å². The smallest absolute Gasteiger partial charge is 0.226 e. The maximum Gasteiger partial charge on any atom is 0.226 e. The van der Waals surface area contributed by atoms with Crippen LogP contribution in [0.25, 0.3) is 0 Å². The number of aliphatic hydroxyl groups is 1. The fraction of sp³-hybridized carbons (Fsp3) is 0.278. The molecule has 0 bridgehead atoms. The Morgan fingerprint density at radius 2 is 1.74 bits per heavy atom. The number of hydrogen-bond donors (Lipinski definition) is 3. The van der Waals surface area contributed by atoms with Gasteiger partial charge in [0.1, 0.15) is 11.6 Å². The predicted octanol–water partition coefficient (Wildman–Crippen LogP) is 2.83. The summed E-state index contributed by atoms with van der Waals surface area (Å²) in [6, 6.07) is 12.4. The number of phenolic OH excluding ortho intramolecular Hbond substituents is 1. The summed E-state index contributed by atoms with van der Waals surface area (Å²) in [5.74, 6) is -0.390. The zero-order chi connectivity index (χ0) is 16.4. The molecule has 1 amide bonds. The Bertz CT molecular complexity index is 684. The Balaban J connectivity index is 1.61. The molecule has 0 radical (unpaired) electrons. The third-order valence-electron chi connectivity index (χ3n) is 4.29. The number of carbonyl (C=O) groups is 1. The SMILES string of the molecule is O=C1N[C@H](c2ccc(O)cc2)C1CC[C@H](O)c1ccc(F)cc1. The molecular formula is C18H18FNO3. The largest absolute Gasteiger partial charge is 0.508 e. The molecule has 0 spiro atoms. The minimum Gasteiger partial charge on any atom is -0.508 e. The number of phenols is 1. The molecule has 5 heteroatoms. The van der Waals surface area contributed by atoms with Crippen LogP contribution < -0.4 is 5.32 Å². The minimum absolute atomic E-state index is 0.0330. The Morgan fingerprint density at radius 1 is 1.09 bits per heavy atom. The van der Waals surface area contributed by atoms with Crippen LogP contribution in [0.15, 0.2) is 48.5 Å². The number of halogens is 1. The number of hydrogen-bond acceptors (Lipinski definition) is 3. The molecule has 1 aliphatic heterocycles. The predicted molar refractivity (Wildman–Crippen MR) is 83.1 cm³/mol. The van der Waals surface area contributed by atoms with Gasteiger partial charge in [0.15, 0.2) is 0 Å². The van der Waals surface area contributed by atoms with Crippen molar-refractivity contribution in [3.8, 4) is 5.75 Å². The zero-order valence-corrected chi connectivity index (χ0v) is 12.4. The molecule has 1 saturated heterocycles. The molecule has 0 aliphatic carbocycles. The van der Waals surface area contributed by atoms with E-state index in [2.05, 4.69) is 5.32 Å². The highest BCUT2D eigenvalue weighted by atomic mass is 19.1. The second-order valence-corrected chi connectivity index (χ2v) is 5.83. The highest BCUT2D eigenvalue weighted by Crippen LogP contribution is 2.36. The van der Waals surface area contributed by atoms with Gasteiger partial charge in [-0.2, -0.15) is 0 Å². The number of amides is 1. The summed E-state index contributed by atoms with van der Waals surface area (Å²) >= 11 is 0. The monoisotopic (exact) mass is 315 g/mol. The third-order valence-corrected chi connectivity index (χ3v) is 4.29. The molecule has 1 heterocycles. The quantitative estimate of drug-likeness (QED) is 0.743. The Morgan fingerprint density at radius 3 is 2.35 bits per heavy atom. The number of aromatic hydroxyl groups is 1. The van der Waals surface area contributed by atoms with Gasteiger partial charge in [-0.15, -0.1) is 0 Å². The first kappa shape index (κ1) is 15.5. The number of benzene rings is 2. The van der Waals surface area contributed by atoms with E-state index >= 15 is 0 Å². The van der Waals surface area contributed by atoms with E-state index in [1.54, 1.807) is 36.4 Å². The summed E-state index contributed by atoms with van der Waals surface area (Å²) in [6.45, 7) is 0. The summed E-state index contributed by atoms with van der Waals surface area (Å²) < 4.78 is 12.9.